The molecule has 1 aliphatic rings. The number of carbonyl (C=O) groups excluding carboxylic acids is 1. The minimum absolute atomic E-state index is 0.249. The van der Waals surface area contributed by atoms with E-state index >= 15 is 0 Å². The van der Waals surface area contributed by atoms with Crippen LogP contribution in [0.15, 0.2) is 18.2 Å². The van der Waals surface area contributed by atoms with Gasteiger partial charge in [-0.1, -0.05) is 6.07 Å². The van der Waals surface area contributed by atoms with Gasteiger partial charge in [0.2, 0.25) is 0 Å². The standard InChI is InChI=1S/C14H17F2NO2/c1-14(19)6-3-8-17(9-7-14)13(18)10-4-2-5-11(15)12(10)16/h2,4-5,19H,3,6-9H2,1H3. The molecule has 0 bridgehead atoms. The molecule has 0 saturated carbocycles. The lowest BCUT2D eigenvalue weighted by Crippen LogP contribution is -2.34. The van der Waals surface area contributed by atoms with Gasteiger partial charge >= 0.3 is 0 Å². The van der Waals surface area contributed by atoms with Gasteiger partial charge in [0.1, 0.15) is 0 Å². The molecular weight excluding hydrogens is 252 g/mol. The van der Waals surface area contributed by atoms with Gasteiger partial charge in [-0.05, 0) is 38.3 Å². The van der Waals surface area contributed by atoms with Crippen molar-refractivity contribution in [2.45, 2.75) is 31.8 Å². The molecule has 1 fully saturated rings. The van der Waals surface area contributed by atoms with E-state index < -0.39 is 23.1 Å². The fourth-order valence-corrected chi connectivity index (χ4v) is 2.31. The highest BCUT2D eigenvalue weighted by Gasteiger charge is 2.28. The summed E-state index contributed by atoms with van der Waals surface area (Å²) in [6.45, 7) is 2.52. The topological polar surface area (TPSA) is 40.5 Å². The Labute approximate surface area is 110 Å². The summed E-state index contributed by atoms with van der Waals surface area (Å²) in [4.78, 5) is 13.6. The maximum absolute atomic E-state index is 13.6. The molecule has 19 heavy (non-hydrogen) atoms. The van der Waals surface area contributed by atoms with Crippen molar-refractivity contribution < 1.29 is 18.7 Å². The van der Waals surface area contributed by atoms with Crippen molar-refractivity contribution in [2.75, 3.05) is 13.1 Å². The van der Waals surface area contributed by atoms with Gasteiger partial charge in [0.05, 0.1) is 11.2 Å². The molecule has 1 aromatic rings. The van der Waals surface area contributed by atoms with Crippen molar-refractivity contribution in [1.82, 2.24) is 4.90 Å². The first-order valence-electron chi connectivity index (χ1n) is 6.36. The lowest BCUT2D eigenvalue weighted by molar-refractivity contribution is 0.0437. The van der Waals surface area contributed by atoms with Crippen LogP contribution in [0.3, 0.4) is 0 Å². The maximum atomic E-state index is 13.6. The molecule has 1 atom stereocenters. The Hall–Kier alpha value is -1.49. The van der Waals surface area contributed by atoms with Crippen molar-refractivity contribution in [1.29, 1.82) is 0 Å². The Morgan fingerprint density at radius 3 is 2.79 bits per heavy atom. The van der Waals surface area contributed by atoms with E-state index in [-0.39, 0.29) is 5.56 Å². The highest BCUT2D eigenvalue weighted by atomic mass is 19.2. The maximum Gasteiger partial charge on any atom is 0.256 e. The molecule has 1 unspecified atom stereocenters. The third kappa shape index (κ3) is 3.10. The summed E-state index contributed by atoms with van der Waals surface area (Å²) in [5.41, 5.74) is -1.04. The van der Waals surface area contributed by atoms with E-state index in [4.69, 9.17) is 0 Å². The van der Waals surface area contributed by atoms with Crippen molar-refractivity contribution in [3.63, 3.8) is 0 Å². The van der Waals surface area contributed by atoms with Crippen molar-refractivity contribution >= 4 is 5.91 Å². The first-order valence-corrected chi connectivity index (χ1v) is 6.36. The summed E-state index contributed by atoms with van der Waals surface area (Å²) in [6, 6.07) is 3.59. The molecule has 0 radical (unpaired) electrons. The Kier molecular flexibility index (Phi) is 3.85. The highest BCUT2D eigenvalue weighted by molar-refractivity contribution is 5.94. The van der Waals surface area contributed by atoms with Gasteiger partial charge < -0.3 is 10.0 Å². The summed E-state index contributed by atoms with van der Waals surface area (Å²) >= 11 is 0. The van der Waals surface area contributed by atoms with Gasteiger partial charge in [0.15, 0.2) is 11.6 Å². The van der Waals surface area contributed by atoms with Gasteiger partial charge in [0, 0.05) is 13.1 Å². The second-order valence-electron chi connectivity index (χ2n) is 5.24. The largest absolute Gasteiger partial charge is 0.390 e. The molecule has 1 aliphatic heterocycles. The van der Waals surface area contributed by atoms with Crippen molar-refractivity contribution in [3.8, 4) is 0 Å². The van der Waals surface area contributed by atoms with Crippen LogP contribution in [0.4, 0.5) is 8.78 Å². The normalized spacial score (nSPS) is 24.1. The number of nitrogens with zero attached hydrogens (tertiary/aromatic N) is 1. The first-order chi connectivity index (χ1) is 8.91. The average molecular weight is 269 g/mol. The SMILES string of the molecule is CC1(O)CCCN(C(=O)c2cccc(F)c2F)CC1. The lowest BCUT2D eigenvalue weighted by Gasteiger charge is -2.22. The summed E-state index contributed by atoms with van der Waals surface area (Å²) in [7, 11) is 0. The van der Waals surface area contributed by atoms with Crippen molar-refractivity contribution in [3.05, 3.63) is 35.4 Å². The summed E-state index contributed by atoms with van der Waals surface area (Å²) in [6.07, 6.45) is 1.69. The molecule has 0 spiro atoms. The van der Waals surface area contributed by atoms with E-state index in [0.29, 0.717) is 32.4 Å². The van der Waals surface area contributed by atoms with Crippen molar-refractivity contribution in [2.24, 2.45) is 0 Å². The highest BCUT2D eigenvalue weighted by Crippen LogP contribution is 2.23. The van der Waals surface area contributed by atoms with Gasteiger partial charge in [-0.3, -0.25) is 4.79 Å². The molecular formula is C14H17F2NO2. The second-order valence-corrected chi connectivity index (χ2v) is 5.24. The quantitative estimate of drug-likeness (QED) is 0.850. The number of hydrogen-bond acceptors (Lipinski definition) is 2. The van der Waals surface area contributed by atoms with Crippen LogP contribution >= 0.6 is 0 Å². The molecule has 0 aromatic heterocycles. The Balaban J connectivity index is 2.18. The molecule has 1 saturated heterocycles. The zero-order chi connectivity index (χ0) is 14.0. The molecule has 0 aliphatic carbocycles. The predicted molar refractivity (Wildman–Crippen MR) is 66.7 cm³/mol. The zero-order valence-electron chi connectivity index (χ0n) is 10.8. The van der Waals surface area contributed by atoms with Crippen LogP contribution in [0.2, 0.25) is 0 Å². The van der Waals surface area contributed by atoms with Crippen LogP contribution in [0.25, 0.3) is 0 Å². The molecule has 1 amide bonds. The van der Waals surface area contributed by atoms with Gasteiger partial charge in [-0.15, -0.1) is 0 Å². The Morgan fingerprint density at radius 1 is 1.32 bits per heavy atom. The first kappa shape index (κ1) is 13.9. The number of benzene rings is 1. The van der Waals surface area contributed by atoms with Crippen LogP contribution in [-0.4, -0.2) is 34.6 Å². The smallest absolute Gasteiger partial charge is 0.256 e. The molecule has 3 nitrogen and oxygen atoms in total. The van der Waals surface area contributed by atoms with Crippen LogP contribution in [0.1, 0.15) is 36.5 Å². The van der Waals surface area contributed by atoms with E-state index in [9.17, 15) is 18.7 Å². The Bertz CT molecular complexity index is 488. The lowest BCUT2D eigenvalue weighted by atomic mass is 9.98. The van der Waals surface area contributed by atoms with Crippen LogP contribution in [-0.2, 0) is 0 Å². The minimum Gasteiger partial charge on any atom is -0.390 e. The average Bonchev–Trinajstić information content (AvgIpc) is 2.53. The summed E-state index contributed by atoms with van der Waals surface area (Å²) in [5, 5.41) is 9.95. The van der Waals surface area contributed by atoms with Gasteiger partial charge in [0.25, 0.3) is 5.91 Å². The summed E-state index contributed by atoms with van der Waals surface area (Å²) < 4.78 is 26.7. The number of amides is 1. The molecule has 1 aromatic carbocycles. The second kappa shape index (κ2) is 5.25. The molecule has 5 heteroatoms. The van der Waals surface area contributed by atoms with E-state index in [0.717, 1.165) is 6.07 Å². The summed E-state index contributed by atoms with van der Waals surface area (Å²) in [5.74, 6) is -2.65. The molecule has 2 rings (SSSR count). The van der Waals surface area contributed by atoms with E-state index in [1.165, 1.54) is 17.0 Å². The van der Waals surface area contributed by atoms with E-state index in [1.807, 2.05) is 0 Å². The van der Waals surface area contributed by atoms with Gasteiger partial charge in [-0.25, -0.2) is 8.78 Å². The molecule has 104 valence electrons. The van der Waals surface area contributed by atoms with Crippen LogP contribution in [0.5, 0.6) is 0 Å². The third-order valence-corrected chi connectivity index (χ3v) is 3.53. The minimum atomic E-state index is -1.11. The number of likely N-dealkylation sites (tertiary alicyclic amines) is 1. The molecule has 1 N–H and O–H groups in total. The predicted octanol–water partition coefficient (Wildman–Crippen LogP) is 2.34. The zero-order valence-corrected chi connectivity index (χ0v) is 10.8. The Morgan fingerprint density at radius 2 is 2.05 bits per heavy atom. The number of halogens is 2. The number of carbonyl (C=O) groups is 1. The third-order valence-electron chi connectivity index (χ3n) is 3.53. The van der Waals surface area contributed by atoms with Gasteiger partial charge in [-0.2, -0.15) is 0 Å². The number of rotatable bonds is 1. The fraction of sp³-hybridized carbons (Fsp3) is 0.500. The molecule has 1 heterocycles. The van der Waals surface area contributed by atoms with Crippen LogP contribution in [0, 0.1) is 11.6 Å². The number of hydrogen-bond donors (Lipinski definition) is 1. The fourth-order valence-electron chi connectivity index (χ4n) is 2.31. The monoisotopic (exact) mass is 269 g/mol. The van der Waals surface area contributed by atoms with E-state index in [2.05, 4.69) is 0 Å². The van der Waals surface area contributed by atoms with Crippen LogP contribution < -0.4 is 0 Å². The van der Waals surface area contributed by atoms with E-state index in [1.54, 1.807) is 6.92 Å². The number of aliphatic hydroxyl groups is 1.